The van der Waals surface area contributed by atoms with Gasteiger partial charge in [-0.15, -0.1) is 0 Å². The smallest absolute Gasteiger partial charge is 0.0118 e. The van der Waals surface area contributed by atoms with Crippen molar-refractivity contribution in [1.82, 2.24) is 15.1 Å². The van der Waals surface area contributed by atoms with Crippen molar-refractivity contribution in [2.45, 2.75) is 59.9 Å². The Balaban J connectivity index is 0.00000155. The molecule has 2 atom stereocenters. The van der Waals surface area contributed by atoms with Gasteiger partial charge in [0, 0.05) is 27.1 Å². The maximum Gasteiger partial charge on any atom is 0.0118 e. The van der Waals surface area contributed by atoms with Crippen LogP contribution in [0.4, 0.5) is 0 Å². The summed E-state index contributed by atoms with van der Waals surface area (Å²) in [7, 11) is 2.24. The number of likely N-dealkylation sites (tertiary alicyclic amines) is 2. The molecule has 0 radical (unpaired) electrons. The first-order chi connectivity index (χ1) is 10.6. The van der Waals surface area contributed by atoms with Crippen molar-refractivity contribution in [2.24, 2.45) is 17.8 Å². The molecule has 0 spiro atoms. The minimum Gasteiger partial charge on any atom is -0.312 e. The third kappa shape index (κ3) is 6.55. The number of hydrogen-bond acceptors (Lipinski definition) is 3. The second-order valence-corrected chi connectivity index (χ2v) is 7.51. The van der Waals surface area contributed by atoms with Crippen molar-refractivity contribution in [3.8, 4) is 0 Å². The second-order valence-electron chi connectivity index (χ2n) is 7.51. The molecule has 2 saturated heterocycles. The van der Waals surface area contributed by atoms with Gasteiger partial charge in [-0.1, -0.05) is 34.6 Å². The van der Waals surface area contributed by atoms with Gasteiger partial charge in [0.1, 0.15) is 0 Å². The summed E-state index contributed by atoms with van der Waals surface area (Å²) in [6.45, 7) is 18.7. The molecule has 0 aliphatic carbocycles. The molecular weight excluding hydrogens is 270 g/mol. The summed E-state index contributed by atoms with van der Waals surface area (Å²) in [5, 5.41) is 3.80. The van der Waals surface area contributed by atoms with Crippen LogP contribution in [0.1, 0.15) is 55.3 Å². The normalized spacial score (nSPS) is 28.5. The Morgan fingerprint density at radius 3 is 2.27 bits per heavy atom. The van der Waals surface area contributed by atoms with Gasteiger partial charge in [-0.3, -0.25) is 0 Å². The first kappa shape index (κ1) is 19.9. The van der Waals surface area contributed by atoms with Crippen LogP contribution >= 0.6 is 0 Å². The average Bonchev–Trinajstić information content (AvgIpc) is 2.52. The number of nitrogens with one attached hydrogen (secondary N) is 1. The zero-order chi connectivity index (χ0) is 16.5. The zero-order valence-corrected chi connectivity index (χ0v) is 16.1. The fourth-order valence-electron chi connectivity index (χ4n) is 3.91. The molecule has 0 amide bonds. The highest BCUT2D eigenvalue weighted by Gasteiger charge is 2.24. The van der Waals surface area contributed by atoms with Crippen molar-refractivity contribution in [3.63, 3.8) is 0 Å². The van der Waals surface area contributed by atoms with Gasteiger partial charge < -0.3 is 15.1 Å². The van der Waals surface area contributed by atoms with E-state index in [0.29, 0.717) is 0 Å². The van der Waals surface area contributed by atoms with Crippen LogP contribution in [0, 0.1) is 17.8 Å². The lowest BCUT2D eigenvalue weighted by Crippen LogP contribution is -2.49. The highest BCUT2D eigenvalue weighted by atomic mass is 15.2. The van der Waals surface area contributed by atoms with E-state index in [2.05, 4.69) is 42.9 Å². The van der Waals surface area contributed by atoms with Crippen LogP contribution < -0.4 is 5.32 Å². The molecule has 0 saturated carbocycles. The minimum atomic E-state index is 0. The van der Waals surface area contributed by atoms with Crippen LogP contribution in [0.2, 0.25) is 0 Å². The van der Waals surface area contributed by atoms with Crippen molar-refractivity contribution in [1.29, 1.82) is 0 Å². The fraction of sp³-hybridized carbons (Fsp3) is 1.00. The van der Waals surface area contributed by atoms with Gasteiger partial charge in [0.25, 0.3) is 0 Å². The van der Waals surface area contributed by atoms with Crippen LogP contribution in [0.5, 0.6) is 0 Å². The summed E-state index contributed by atoms with van der Waals surface area (Å²) in [5.74, 6) is 2.63. The highest BCUT2D eigenvalue weighted by Crippen LogP contribution is 2.24. The monoisotopic (exact) mass is 313 g/mol. The van der Waals surface area contributed by atoms with E-state index in [-0.39, 0.29) is 1.43 Å². The van der Waals surface area contributed by atoms with E-state index in [1.54, 1.807) is 0 Å². The van der Waals surface area contributed by atoms with Crippen molar-refractivity contribution in [2.75, 3.05) is 46.3 Å². The number of rotatable bonds is 5. The molecule has 2 aliphatic heterocycles. The molecule has 1 N–H and O–H groups in total. The molecule has 3 nitrogen and oxygen atoms in total. The van der Waals surface area contributed by atoms with Crippen molar-refractivity contribution in [3.05, 3.63) is 0 Å². The van der Waals surface area contributed by atoms with Gasteiger partial charge in [0.15, 0.2) is 0 Å². The van der Waals surface area contributed by atoms with Gasteiger partial charge in [-0.2, -0.15) is 0 Å². The lowest BCUT2D eigenvalue weighted by Gasteiger charge is -2.37. The summed E-state index contributed by atoms with van der Waals surface area (Å²) in [4.78, 5) is 5.12. The molecule has 0 aromatic rings. The Hall–Kier alpha value is -0.120. The summed E-state index contributed by atoms with van der Waals surface area (Å²) < 4.78 is 0. The van der Waals surface area contributed by atoms with E-state index < -0.39 is 0 Å². The van der Waals surface area contributed by atoms with E-state index in [1.807, 2.05) is 13.8 Å². The SMILES string of the molecule is CC.CC(C)C1CCN(CCN[C@@H]2CCN(C)C[C@H]2C)CC1.[HH]. The number of nitrogens with zero attached hydrogens (tertiary/aromatic N) is 2. The topological polar surface area (TPSA) is 18.5 Å². The maximum absolute atomic E-state index is 3.80. The second kappa shape index (κ2) is 10.6. The minimum absolute atomic E-state index is 0. The standard InChI is InChI=1S/C17H35N3.C2H6.H2/c1-14(2)16-5-10-20(11-6-16)12-8-18-17-7-9-19(4)13-15(17)3;1-2;/h14-18H,5-13H2,1-4H3;1-2H3;1H/t15-,17-;;/m1../s1. The van der Waals surface area contributed by atoms with Crippen molar-refractivity contribution >= 4 is 0 Å². The van der Waals surface area contributed by atoms with Crippen LogP contribution in [-0.4, -0.2) is 62.2 Å². The van der Waals surface area contributed by atoms with E-state index in [9.17, 15) is 0 Å². The molecule has 3 heteroatoms. The van der Waals surface area contributed by atoms with Crippen molar-refractivity contribution < 1.29 is 1.43 Å². The highest BCUT2D eigenvalue weighted by molar-refractivity contribution is 4.82. The molecule has 2 fully saturated rings. The van der Waals surface area contributed by atoms with Gasteiger partial charge in [0.2, 0.25) is 0 Å². The molecular formula is C19H43N3. The van der Waals surface area contributed by atoms with Crippen LogP contribution in [-0.2, 0) is 0 Å². The summed E-state index contributed by atoms with van der Waals surface area (Å²) >= 11 is 0. The average molecular weight is 314 g/mol. The molecule has 2 heterocycles. The van der Waals surface area contributed by atoms with Gasteiger partial charge in [-0.25, -0.2) is 0 Å². The predicted octanol–water partition coefficient (Wildman–Crippen LogP) is 3.56. The fourth-order valence-corrected chi connectivity index (χ4v) is 3.91. The molecule has 2 aliphatic rings. The Labute approximate surface area is 141 Å². The Bertz CT molecular complexity index is 278. The van der Waals surface area contributed by atoms with E-state index >= 15 is 0 Å². The van der Waals surface area contributed by atoms with Crippen LogP contribution in [0.25, 0.3) is 0 Å². The lowest BCUT2D eigenvalue weighted by atomic mass is 9.87. The maximum atomic E-state index is 3.80. The van der Waals surface area contributed by atoms with Crippen LogP contribution in [0.15, 0.2) is 0 Å². The molecule has 0 bridgehead atoms. The molecule has 0 unspecified atom stereocenters. The molecule has 134 valence electrons. The van der Waals surface area contributed by atoms with Gasteiger partial charge in [-0.05, 0) is 63.7 Å². The first-order valence-electron chi connectivity index (χ1n) is 9.70. The van der Waals surface area contributed by atoms with E-state index in [0.717, 1.165) is 23.8 Å². The molecule has 0 aromatic carbocycles. The van der Waals surface area contributed by atoms with Crippen LogP contribution in [0.3, 0.4) is 0 Å². The quantitative estimate of drug-likeness (QED) is 0.837. The number of piperidine rings is 2. The lowest BCUT2D eigenvalue weighted by molar-refractivity contribution is 0.145. The summed E-state index contributed by atoms with van der Waals surface area (Å²) in [6.07, 6.45) is 4.12. The third-order valence-electron chi connectivity index (χ3n) is 5.52. The Morgan fingerprint density at radius 1 is 1.09 bits per heavy atom. The largest absolute Gasteiger partial charge is 0.312 e. The molecule has 0 aromatic heterocycles. The van der Waals surface area contributed by atoms with Gasteiger partial charge in [0.05, 0.1) is 0 Å². The molecule has 22 heavy (non-hydrogen) atoms. The van der Waals surface area contributed by atoms with Gasteiger partial charge >= 0.3 is 0 Å². The summed E-state index contributed by atoms with van der Waals surface area (Å²) in [6, 6.07) is 0.736. The molecule has 2 rings (SSSR count). The Morgan fingerprint density at radius 2 is 1.73 bits per heavy atom. The summed E-state index contributed by atoms with van der Waals surface area (Å²) in [5.41, 5.74) is 0. The number of hydrogen-bond donors (Lipinski definition) is 1. The van der Waals surface area contributed by atoms with E-state index in [4.69, 9.17) is 0 Å². The zero-order valence-electron chi connectivity index (χ0n) is 16.1. The third-order valence-corrected chi connectivity index (χ3v) is 5.52. The Kier molecular flexibility index (Phi) is 9.62. The first-order valence-corrected chi connectivity index (χ1v) is 9.70. The predicted molar refractivity (Wildman–Crippen MR) is 101 cm³/mol. The van der Waals surface area contributed by atoms with E-state index in [1.165, 1.54) is 58.5 Å².